The normalized spacial score (nSPS) is 10.8. The molecule has 0 saturated heterocycles. The van der Waals surface area contributed by atoms with E-state index in [1.165, 1.54) is 7.11 Å². The molecule has 0 aromatic rings. The van der Waals surface area contributed by atoms with Crippen LogP contribution in [-0.2, 0) is 19.1 Å². The van der Waals surface area contributed by atoms with E-state index in [4.69, 9.17) is 0 Å². The number of rotatable bonds is 4. The van der Waals surface area contributed by atoms with E-state index in [-0.39, 0.29) is 5.75 Å². The monoisotopic (exact) mass is 208 g/mol. The number of thioether (sulfide) groups is 1. The summed E-state index contributed by atoms with van der Waals surface area (Å²) in [6.07, 6.45) is 0. The summed E-state index contributed by atoms with van der Waals surface area (Å²) in [6.45, 7) is 0. The zero-order valence-corrected chi connectivity index (χ0v) is 8.02. The quantitative estimate of drug-likeness (QED) is 0.507. The van der Waals surface area contributed by atoms with Crippen molar-refractivity contribution >= 4 is 23.7 Å². The largest absolute Gasteiger partial charge is 0.468 e. The van der Waals surface area contributed by atoms with Crippen molar-refractivity contribution in [2.45, 2.75) is 0 Å². The fourth-order valence-corrected chi connectivity index (χ4v) is 0.967. The lowest BCUT2D eigenvalue weighted by Gasteiger charge is -1.95. The number of carbonyl (C=O) groups is 2. The maximum absolute atomic E-state index is 12.6. The molecule has 0 atom stereocenters. The molecule has 0 saturated carbocycles. The molecule has 74 valence electrons. The third kappa shape index (κ3) is 5.24. The van der Waals surface area contributed by atoms with Gasteiger partial charge in [-0.1, -0.05) is 0 Å². The Morgan fingerprint density at radius 1 is 1.38 bits per heavy atom. The van der Waals surface area contributed by atoms with Crippen molar-refractivity contribution in [1.29, 1.82) is 0 Å². The van der Waals surface area contributed by atoms with E-state index in [0.29, 0.717) is 0 Å². The topological polar surface area (TPSA) is 52.6 Å². The summed E-state index contributed by atoms with van der Waals surface area (Å²) in [7, 11) is 2.30. The number of halogens is 1. The first kappa shape index (κ1) is 12.0. The van der Waals surface area contributed by atoms with E-state index in [1.807, 2.05) is 0 Å². The van der Waals surface area contributed by atoms with E-state index in [2.05, 4.69) is 9.47 Å². The molecule has 0 spiro atoms. The Kier molecular flexibility index (Phi) is 5.96. The van der Waals surface area contributed by atoms with E-state index in [1.54, 1.807) is 0 Å². The SMILES string of the molecule is COC(=O)CS/C=C(\F)C(=O)OC. The zero-order chi connectivity index (χ0) is 10.3. The highest BCUT2D eigenvalue weighted by Crippen LogP contribution is 2.09. The fraction of sp³-hybridized carbons (Fsp3) is 0.429. The highest BCUT2D eigenvalue weighted by Gasteiger charge is 2.08. The van der Waals surface area contributed by atoms with Gasteiger partial charge in [0.1, 0.15) is 0 Å². The number of esters is 2. The third-order valence-electron chi connectivity index (χ3n) is 0.996. The first-order chi connectivity index (χ1) is 6.11. The molecular weight excluding hydrogens is 199 g/mol. The fourth-order valence-electron chi connectivity index (χ4n) is 0.387. The molecule has 0 rings (SSSR count). The lowest BCUT2D eigenvalue weighted by molar-refractivity contribution is -0.138. The predicted octanol–water partition coefficient (Wildman–Crippen LogP) is 0.876. The van der Waals surface area contributed by atoms with Crippen LogP contribution in [0.2, 0.25) is 0 Å². The highest BCUT2D eigenvalue weighted by molar-refractivity contribution is 8.02. The van der Waals surface area contributed by atoms with Crippen molar-refractivity contribution in [3.8, 4) is 0 Å². The Morgan fingerprint density at radius 2 is 2.00 bits per heavy atom. The third-order valence-corrected chi connectivity index (χ3v) is 1.77. The zero-order valence-electron chi connectivity index (χ0n) is 7.20. The molecule has 0 aromatic heterocycles. The Bertz CT molecular complexity index is 227. The summed E-state index contributed by atoms with van der Waals surface area (Å²) in [4.78, 5) is 21.0. The second kappa shape index (κ2) is 6.47. The summed E-state index contributed by atoms with van der Waals surface area (Å²) in [5, 5.41) is 0.906. The van der Waals surface area contributed by atoms with Crippen molar-refractivity contribution in [2.75, 3.05) is 20.0 Å². The first-order valence-corrected chi connectivity index (χ1v) is 4.29. The number of carbonyl (C=O) groups excluding carboxylic acids is 2. The molecule has 0 heterocycles. The van der Waals surface area contributed by atoms with Gasteiger partial charge in [0.2, 0.25) is 5.83 Å². The maximum atomic E-state index is 12.6. The van der Waals surface area contributed by atoms with Gasteiger partial charge in [-0.15, -0.1) is 11.8 Å². The van der Waals surface area contributed by atoms with Crippen LogP contribution in [0.1, 0.15) is 0 Å². The summed E-state index contributed by atoms with van der Waals surface area (Å²) < 4.78 is 20.9. The molecule has 0 fully saturated rings. The molecule has 0 aliphatic carbocycles. The Balaban J connectivity index is 3.84. The predicted molar refractivity (Wildman–Crippen MR) is 45.7 cm³/mol. The smallest absolute Gasteiger partial charge is 0.367 e. The van der Waals surface area contributed by atoms with E-state index >= 15 is 0 Å². The van der Waals surface area contributed by atoms with Crippen LogP contribution >= 0.6 is 11.8 Å². The van der Waals surface area contributed by atoms with E-state index in [9.17, 15) is 14.0 Å². The molecule has 13 heavy (non-hydrogen) atoms. The molecule has 0 bridgehead atoms. The van der Waals surface area contributed by atoms with Gasteiger partial charge < -0.3 is 9.47 Å². The van der Waals surface area contributed by atoms with Gasteiger partial charge in [-0.05, 0) is 0 Å². The Hall–Kier alpha value is -1.04. The van der Waals surface area contributed by atoms with Gasteiger partial charge in [-0.25, -0.2) is 4.79 Å². The van der Waals surface area contributed by atoms with Crippen molar-refractivity contribution in [2.24, 2.45) is 0 Å². The maximum Gasteiger partial charge on any atom is 0.367 e. The van der Waals surface area contributed by atoms with Gasteiger partial charge in [0.25, 0.3) is 0 Å². The molecule has 0 radical (unpaired) electrons. The molecule has 0 aliphatic rings. The molecular formula is C7H9FO4S. The summed E-state index contributed by atoms with van der Waals surface area (Å²) >= 11 is 0.825. The van der Waals surface area contributed by atoms with E-state index in [0.717, 1.165) is 24.3 Å². The summed E-state index contributed by atoms with van der Waals surface area (Å²) in [5.74, 6) is -2.62. The second-order valence-electron chi connectivity index (χ2n) is 1.84. The lowest BCUT2D eigenvalue weighted by atomic mass is 10.6. The average molecular weight is 208 g/mol. The Labute approximate surface area is 79.1 Å². The van der Waals surface area contributed by atoms with Gasteiger partial charge >= 0.3 is 11.9 Å². The average Bonchev–Trinajstić information content (AvgIpc) is 2.15. The molecule has 0 aliphatic heterocycles. The number of ether oxygens (including phenoxy) is 2. The van der Waals surface area contributed by atoms with Crippen molar-refractivity contribution in [3.05, 3.63) is 11.2 Å². The van der Waals surface area contributed by atoms with Crippen LogP contribution in [0.5, 0.6) is 0 Å². The van der Waals surface area contributed by atoms with Crippen LogP contribution in [0, 0.1) is 0 Å². The van der Waals surface area contributed by atoms with E-state index < -0.39 is 17.8 Å². The summed E-state index contributed by atoms with van der Waals surface area (Å²) in [6, 6.07) is 0. The minimum atomic E-state index is -1.06. The van der Waals surface area contributed by atoms with Crippen LogP contribution in [-0.4, -0.2) is 31.9 Å². The standard InChI is InChI=1S/C7H9FO4S/c1-11-6(9)4-13-3-5(8)7(10)12-2/h3H,4H2,1-2H3/b5-3-. The first-order valence-electron chi connectivity index (χ1n) is 3.24. The minimum Gasteiger partial charge on any atom is -0.468 e. The molecule has 6 heteroatoms. The second-order valence-corrected chi connectivity index (χ2v) is 2.70. The lowest BCUT2D eigenvalue weighted by Crippen LogP contribution is -2.03. The molecule has 0 N–H and O–H groups in total. The molecule has 0 unspecified atom stereocenters. The molecule has 4 nitrogen and oxygen atoms in total. The molecule has 0 aromatic carbocycles. The van der Waals surface area contributed by atoms with Crippen LogP contribution in [0.25, 0.3) is 0 Å². The minimum absolute atomic E-state index is 0.0408. The van der Waals surface area contributed by atoms with Crippen LogP contribution < -0.4 is 0 Å². The summed E-state index contributed by atoms with van der Waals surface area (Å²) in [5.41, 5.74) is 0. The van der Waals surface area contributed by atoms with Crippen molar-refractivity contribution < 1.29 is 23.5 Å². The highest BCUT2D eigenvalue weighted by atomic mass is 32.2. The van der Waals surface area contributed by atoms with Crippen LogP contribution in [0.15, 0.2) is 11.2 Å². The number of hydrogen-bond donors (Lipinski definition) is 0. The number of methoxy groups -OCH3 is 2. The van der Waals surface area contributed by atoms with Crippen LogP contribution in [0.4, 0.5) is 4.39 Å². The van der Waals surface area contributed by atoms with Crippen molar-refractivity contribution in [3.63, 3.8) is 0 Å². The van der Waals surface area contributed by atoms with Gasteiger partial charge in [-0.3, -0.25) is 4.79 Å². The van der Waals surface area contributed by atoms with Crippen LogP contribution in [0.3, 0.4) is 0 Å². The van der Waals surface area contributed by atoms with Gasteiger partial charge in [0, 0.05) is 5.41 Å². The van der Waals surface area contributed by atoms with Gasteiger partial charge in [-0.2, -0.15) is 4.39 Å². The Morgan fingerprint density at radius 3 is 2.46 bits per heavy atom. The van der Waals surface area contributed by atoms with Gasteiger partial charge in [0.05, 0.1) is 20.0 Å². The number of hydrogen-bond acceptors (Lipinski definition) is 5. The van der Waals surface area contributed by atoms with Gasteiger partial charge in [0.15, 0.2) is 0 Å². The molecule has 0 amide bonds. The van der Waals surface area contributed by atoms with Crippen molar-refractivity contribution in [1.82, 2.24) is 0 Å².